The van der Waals surface area contributed by atoms with Gasteiger partial charge in [0.15, 0.2) is 0 Å². The third-order valence-corrected chi connectivity index (χ3v) is 4.26. The molecule has 0 saturated heterocycles. The number of aryl methyl sites for hydroxylation is 2. The number of benzene rings is 1. The molecule has 3 nitrogen and oxygen atoms in total. The maximum Gasteiger partial charge on any atom is 0.309 e. The van der Waals surface area contributed by atoms with Crippen LogP contribution in [0.25, 0.3) is 0 Å². The summed E-state index contributed by atoms with van der Waals surface area (Å²) in [6.07, 6.45) is 2.77. The molecule has 0 heterocycles. The van der Waals surface area contributed by atoms with Crippen molar-refractivity contribution < 1.29 is 14.6 Å². The minimum atomic E-state index is -0.686. The van der Waals surface area contributed by atoms with Crippen LogP contribution in [-0.4, -0.2) is 17.7 Å². The van der Waals surface area contributed by atoms with Gasteiger partial charge in [0.25, 0.3) is 0 Å². The largest absolute Gasteiger partial charge is 0.493 e. The SMILES string of the molecule is CCC(CC)(CCCOc1c(C)cccc1C)C(=O)O. The van der Waals surface area contributed by atoms with E-state index in [0.717, 1.165) is 23.3 Å². The minimum Gasteiger partial charge on any atom is -0.493 e. The van der Waals surface area contributed by atoms with E-state index >= 15 is 0 Å². The number of ether oxygens (including phenoxy) is 1. The van der Waals surface area contributed by atoms with Crippen molar-refractivity contribution in [1.29, 1.82) is 0 Å². The van der Waals surface area contributed by atoms with Crippen molar-refractivity contribution in [3.63, 3.8) is 0 Å². The molecule has 112 valence electrons. The van der Waals surface area contributed by atoms with Gasteiger partial charge < -0.3 is 9.84 Å². The molecule has 0 atom stereocenters. The van der Waals surface area contributed by atoms with Gasteiger partial charge in [-0.2, -0.15) is 0 Å². The van der Waals surface area contributed by atoms with E-state index in [1.165, 1.54) is 0 Å². The fourth-order valence-electron chi connectivity index (χ4n) is 2.62. The molecule has 0 spiro atoms. The first-order valence-corrected chi connectivity index (χ1v) is 7.39. The summed E-state index contributed by atoms with van der Waals surface area (Å²) in [5, 5.41) is 9.39. The van der Waals surface area contributed by atoms with Crippen molar-refractivity contribution in [3.8, 4) is 5.75 Å². The van der Waals surface area contributed by atoms with Crippen molar-refractivity contribution in [2.45, 2.75) is 53.4 Å². The number of aliphatic carboxylic acids is 1. The second kappa shape index (κ2) is 7.32. The zero-order valence-corrected chi connectivity index (χ0v) is 13.0. The van der Waals surface area contributed by atoms with Crippen LogP contribution in [0.15, 0.2) is 18.2 Å². The summed E-state index contributed by atoms with van der Waals surface area (Å²) in [5.41, 5.74) is 1.66. The Balaban J connectivity index is 2.55. The van der Waals surface area contributed by atoms with Crippen LogP contribution in [0.1, 0.15) is 50.7 Å². The van der Waals surface area contributed by atoms with Gasteiger partial charge >= 0.3 is 5.97 Å². The lowest BCUT2D eigenvalue weighted by atomic mass is 9.78. The quantitative estimate of drug-likeness (QED) is 0.719. The van der Waals surface area contributed by atoms with E-state index in [-0.39, 0.29) is 0 Å². The Morgan fingerprint density at radius 3 is 2.20 bits per heavy atom. The van der Waals surface area contributed by atoms with Crippen LogP contribution in [0.4, 0.5) is 0 Å². The van der Waals surface area contributed by atoms with Gasteiger partial charge in [0.05, 0.1) is 12.0 Å². The number of para-hydroxylation sites is 1. The molecule has 1 N–H and O–H groups in total. The Morgan fingerprint density at radius 2 is 1.75 bits per heavy atom. The Labute approximate surface area is 122 Å². The molecule has 3 heteroatoms. The molecule has 1 aromatic carbocycles. The van der Waals surface area contributed by atoms with Crippen LogP contribution in [0, 0.1) is 19.3 Å². The van der Waals surface area contributed by atoms with Crippen LogP contribution < -0.4 is 4.74 Å². The first kappa shape index (κ1) is 16.5. The van der Waals surface area contributed by atoms with E-state index in [1.54, 1.807) is 0 Å². The fraction of sp³-hybridized carbons (Fsp3) is 0.588. The fourth-order valence-corrected chi connectivity index (χ4v) is 2.62. The Morgan fingerprint density at radius 1 is 1.20 bits per heavy atom. The highest BCUT2D eigenvalue weighted by Crippen LogP contribution is 2.32. The van der Waals surface area contributed by atoms with Gasteiger partial charge in [-0.3, -0.25) is 4.79 Å². The summed E-state index contributed by atoms with van der Waals surface area (Å²) in [5.74, 6) is 0.246. The van der Waals surface area contributed by atoms with E-state index in [4.69, 9.17) is 4.74 Å². The highest BCUT2D eigenvalue weighted by molar-refractivity contribution is 5.74. The zero-order valence-electron chi connectivity index (χ0n) is 13.0. The molecule has 0 aromatic heterocycles. The first-order chi connectivity index (χ1) is 9.46. The van der Waals surface area contributed by atoms with E-state index in [1.807, 2.05) is 45.9 Å². The van der Waals surface area contributed by atoms with E-state index < -0.39 is 11.4 Å². The highest BCUT2D eigenvalue weighted by atomic mass is 16.5. The van der Waals surface area contributed by atoms with Crippen LogP contribution >= 0.6 is 0 Å². The summed E-state index contributed by atoms with van der Waals surface area (Å²) in [7, 11) is 0. The summed E-state index contributed by atoms with van der Waals surface area (Å²) < 4.78 is 5.84. The summed E-state index contributed by atoms with van der Waals surface area (Å²) >= 11 is 0. The van der Waals surface area contributed by atoms with Gasteiger partial charge in [-0.05, 0) is 50.7 Å². The number of carbonyl (C=O) groups is 1. The van der Waals surface area contributed by atoms with E-state index in [9.17, 15) is 9.90 Å². The van der Waals surface area contributed by atoms with Crippen molar-refractivity contribution in [1.82, 2.24) is 0 Å². The van der Waals surface area contributed by atoms with E-state index in [2.05, 4.69) is 0 Å². The molecular formula is C17H26O3. The van der Waals surface area contributed by atoms with Gasteiger partial charge in [-0.25, -0.2) is 0 Å². The second-order valence-electron chi connectivity index (χ2n) is 5.47. The average Bonchev–Trinajstić information content (AvgIpc) is 2.42. The maximum absolute atomic E-state index is 11.4. The second-order valence-corrected chi connectivity index (χ2v) is 5.47. The number of rotatable bonds is 8. The normalized spacial score (nSPS) is 11.4. The molecule has 0 fully saturated rings. The lowest BCUT2D eigenvalue weighted by Crippen LogP contribution is -2.30. The Hall–Kier alpha value is -1.51. The Kier molecular flexibility index (Phi) is 6.05. The molecule has 0 radical (unpaired) electrons. The molecule has 0 unspecified atom stereocenters. The van der Waals surface area contributed by atoms with Crippen molar-refractivity contribution >= 4 is 5.97 Å². The predicted octanol–water partition coefficient (Wildman–Crippen LogP) is 4.35. The lowest BCUT2D eigenvalue weighted by Gasteiger charge is -2.26. The van der Waals surface area contributed by atoms with Crippen LogP contribution in [-0.2, 0) is 4.79 Å². The summed E-state index contributed by atoms with van der Waals surface area (Å²) in [6.45, 7) is 8.53. The standard InChI is InChI=1S/C17H26O3/c1-5-17(6-2,16(18)19)11-8-12-20-15-13(3)9-7-10-14(15)4/h7,9-10H,5-6,8,11-12H2,1-4H3,(H,18,19). The van der Waals surface area contributed by atoms with Crippen molar-refractivity contribution in [3.05, 3.63) is 29.3 Å². The molecule has 20 heavy (non-hydrogen) atoms. The first-order valence-electron chi connectivity index (χ1n) is 7.39. The van der Waals surface area contributed by atoms with Gasteiger partial charge in [-0.15, -0.1) is 0 Å². The number of carboxylic acid groups (broad SMARTS) is 1. The summed E-state index contributed by atoms with van der Waals surface area (Å²) in [6, 6.07) is 6.07. The maximum atomic E-state index is 11.4. The van der Waals surface area contributed by atoms with Crippen molar-refractivity contribution in [2.24, 2.45) is 5.41 Å². The third kappa shape index (κ3) is 3.75. The molecule has 0 aliphatic rings. The third-order valence-electron chi connectivity index (χ3n) is 4.26. The van der Waals surface area contributed by atoms with Crippen molar-refractivity contribution in [2.75, 3.05) is 6.61 Å². The van der Waals surface area contributed by atoms with Crippen LogP contribution in [0.2, 0.25) is 0 Å². The summed E-state index contributed by atoms with van der Waals surface area (Å²) in [4.78, 5) is 11.4. The molecule has 0 saturated carbocycles. The molecule has 0 aliphatic carbocycles. The molecule has 0 bridgehead atoms. The van der Waals surface area contributed by atoms with Gasteiger partial charge in [0, 0.05) is 0 Å². The average molecular weight is 278 g/mol. The topological polar surface area (TPSA) is 46.5 Å². The smallest absolute Gasteiger partial charge is 0.309 e. The van der Waals surface area contributed by atoms with Gasteiger partial charge in [-0.1, -0.05) is 32.0 Å². The van der Waals surface area contributed by atoms with Crippen LogP contribution in [0.3, 0.4) is 0 Å². The minimum absolute atomic E-state index is 0.570. The van der Waals surface area contributed by atoms with Gasteiger partial charge in [0.1, 0.15) is 5.75 Å². The number of hydrogen-bond donors (Lipinski definition) is 1. The predicted molar refractivity (Wildman–Crippen MR) is 81.3 cm³/mol. The van der Waals surface area contributed by atoms with E-state index in [0.29, 0.717) is 25.9 Å². The monoisotopic (exact) mass is 278 g/mol. The lowest BCUT2D eigenvalue weighted by molar-refractivity contribution is -0.150. The zero-order chi connectivity index (χ0) is 15.2. The molecular weight excluding hydrogens is 252 g/mol. The molecule has 1 aromatic rings. The molecule has 0 aliphatic heterocycles. The highest BCUT2D eigenvalue weighted by Gasteiger charge is 2.33. The molecule has 0 amide bonds. The Bertz CT molecular complexity index is 427. The van der Waals surface area contributed by atoms with Gasteiger partial charge in [0.2, 0.25) is 0 Å². The van der Waals surface area contributed by atoms with Crippen LogP contribution in [0.5, 0.6) is 5.75 Å². The molecule has 1 rings (SSSR count). The number of hydrogen-bond acceptors (Lipinski definition) is 2. The number of carboxylic acids is 1.